The molecule has 0 aliphatic carbocycles. The molecule has 1 heterocycles. The zero-order chi connectivity index (χ0) is 17.6. The van der Waals surface area contributed by atoms with Gasteiger partial charge in [0.1, 0.15) is 11.5 Å². The van der Waals surface area contributed by atoms with E-state index >= 15 is 0 Å². The van der Waals surface area contributed by atoms with Crippen LogP contribution in [-0.2, 0) is 6.18 Å². The first-order valence-corrected chi connectivity index (χ1v) is 7.23. The molecule has 0 bridgehead atoms. The molecule has 0 aliphatic rings. The van der Waals surface area contributed by atoms with Gasteiger partial charge in [0.15, 0.2) is 5.58 Å². The fourth-order valence-corrected chi connectivity index (χ4v) is 2.76. The molecule has 0 atom stereocenters. The molecule has 0 aliphatic heterocycles. The second kappa shape index (κ2) is 5.59. The van der Waals surface area contributed by atoms with Gasteiger partial charge in [-0.05, 0) is 30.3 Å². The third kappa shape index (κ3) is 2.75. The number of nitrogens with two attached hydrogens (primary N) is 1. The Kier molecular flexibility index (Phi) is 3.83. The summed E-state index contributed by atoms with van der Waals surface area (Å²) in [4.78, 5) is 11.4. The molecule has 1 aromatic heterocycles. The lowest BCUT2D eigenvalue weighted by molar-refractivity contribution is -0.137. The van der Waals surface area contributed by atoms with Gasteiger partial charge in [0.25, 0.3) is 0 Å². The summed E-state index contributed by atoms with van der Waals surface area (Å²) >= 11 is 3.19. The number of nitrogens with zero attached hydrogens (tertiary/aromatic N) is 1. The Morgan fingerprint density at radius 2 is 1.92 bits per heavy atom. The van der Waals surface area contributed by atoms with Gasteiger partial charge in [-0.3, -0.25) is 4.79 Å². The number of fused-ring (bicyclic) bond motifs is 1. The Labute approximate surface area is 140 Å². The van der Waals surface area contributed by atoms with Crippen molar-refractivity contribution in [2.24, 2.45) is 5.73 Å². The molecule has 0 fully saturated rings. The van der Waals surface area contributed by atoms with Gasteiger partial charge < -0.3 is 10.3 Å². The van der Waals surface area contributed by atoms with E-state index in [-0.39, 0.29) is 16.7 Å². The van der Waals surface area contributed by atoms with Gasteiger partial charge in [-0.25, -0.2) is 4.39 Å². The monoisotopic (exact) mass is 402 g/mol. The number of carbonyl (C=O) groups excluding carboxylic acids is 1. The molecule has 1 amide bonds. The first-order valence-electron chi connectivity index (χ1n) is 6.44. The van der Waals surface area contributed by atoms with Crippen LogP contribution in [0.15, 0.2) is 39.3 Å². The average molecular weight is 403 g/mol. The summed E-state index contributed by atoms with van der Waals surface area (Å²) in [6.45, 7) is 0. The molecule has 2 aromatic carbocycles. The summed E-state index contributed by atoms with van der Waals surface area (Å²) in [5, 5.41) is 3.84. The lowest BCUT2D eigenvalue weighted by atomic mass is 9.96. The maximum Gasteiger partial charge on any atom is 0.417 e. The predicted molar refractivity (Wildman–Crippen MR) is 80.6 cm³/mol. The van der Waals surface area contributed by atoms with Gasteiger partial charge >= 0.3 is 6.18 Å². The van der Waals surface area contributed by atoms with Crippen molar-refractivity contribution in [3.8, 4) is 11.3 Å². The van der Waals surface area contributed by atoms with Crippen LogP contribution >= 0.6 is 15.9 Å². The molecule has 2 N–H and O–H groups in total. The highest BCUT2D eigenvalue weighted by molar-refractivity contribution is 9.10. The summed E-state index contributed by atoms with van der Waals surface area (Å²) in [6, 6.07) is 5.69. The largest absolute Gasteiger partial charge is 0.417 e. The number of amides is 1. The second-order valence-corrected chi connectivity index (χ2v) is 5.83. The Morgan fingerprint density at radius 1 is 1.21 bits per heavy atom. The summed E-state index contributed by atoms with van der Waals surface area (Å²) < 4.78 is 59.8. The fourth-order valence-electron chi connectivity index (χ4n) is 2.40. The van der Waals surface area contributed by atoms with Crippen molar-refractivity contribution in [2.45, 2.75) is 6.18 Å². The van der Waals surface area contributed by atoms with Crippen LogP contribution < -0.4 is 5.73 Å². The number of halogens is 5. The molecule has 24 heavy (non-hydrogen) atoms. The molecule has 0 saturated carbocycles. The summed E-state index contributed by atoms with van der Waals surface area (Å²) in [6.07, 6.45) is -4.94. The van der Waals surface area contributed by atoms with Crippen LogP contribution in [0, 0.1) is 5.82 Å². The molecule has 9 heteroatoms. The average Bonchev–Trinajstić information content (AvgIpc) is 2.87. The number of alkyl halides is 3. The van der Waals surface area contributed by atoms with Crippen molar-refractivity contribution < 1.29 is 26.9 Å². The van der Waals surface area contributed by atoms with Crippen LogP contribution in [0.5, 0.6) is 0 Å². The smallest absolute Gasteiger partial charge is 0.366 e. The number of hydrogen-bond acceptors (Lipinski definition) is 3. The maximum atomic E-state index is 13.8. The number of carbonyl (C=O) groups is 1. The van der Waals surface area contributed by atoms with Crippen LogP contribution in [0.1, 0.15) is 15.9 Å². The predicted octanol–water partition coefficient (Wildman–Crippen LogP) is 4.51. The van der Waals surface area contributed by atoms with E-state index in [0.717, 1.165) is 0 Å². The van der Waals surface area contributed by atoms with Crippen molar-refractivity contribution in [2.75, 3.05) is 0 Å². The normalized spacial score (nSPS) is 11.9. The Hall–Kier alpha value is -2.42. The van der Waals surface area contributed by atoms with Crippen LogP contribution in [0.25, 0.3) is 22.2 Å². The lowest BCUT2D eigenvalue weighted by Crippen LogP contribution is -2.20. The number of hydrogen-bond donors (Lipinski definition) is 1. The molecule has 0 saturated heterocycles. The lowest BCUT2D eigenvalue weighted by Gasteiger charge is -2.15. The summed E-state index contributed by atoms with van der Waals surface area (Å²) in [5.74, 6) is -2.44. The number of rotatable bonds is 2. The van der Waals surface area contributed by atoms with E-state index in [4.69, 9.17) is 10.3 Å². The maximum absolute atomic E-state index is 13.8. The zero-order valence-electron chi connectivity index (χ0n) is 11.6. The summed E-state index contributed by atoms with van der Waals surface area (Å²) in [7, 11) is 0. The minimum atomic E-state index is -4.94. The van der Waals surface area contributed by atoms with E-state index in [9.17, 15) is 22.4 Å². The third-order valence-electron chi connectivity index (χ3n) is 3.34. The van der Waals surface area contributed by atoms with Gasteiger partial charge in [0.2, 0.25) is 5.91 Å². The minimum Gasteiger partial charge on any atom is -0.366 e. The number of primary amides is 1. The molecule has 3 aromatic rings. The molecule has 3 rings (SSSR count). The fraction of sp³-hybridized carbons (Fsp3) is 0.0667. The van der Waals surface area contributed by atoms with E-state index in [1.54, 1.807) is 6.07 Å². The third-order valence-corrected chi connectivity index (χ3v) is 3.83. The van der Waals surface area contributed by atoms with Gasteiger partial charge in [-0.2, -0.15) is 13.2 Å². The molecule has 0 radical (unpaired) electrons. The molecule has 0 spiro atoms. The Morgan fingerprint density at radius 3 is 2.54 bits per heavy atom. The quantitative estimate of drug-likeness (QED) is 0.640. The molecular formula is C15H7BrF4N2O2. The van der Waals surface area contributed by atoms with Gasteiger partial charge in [-0.1, -0.05) is 21.1 Å². The highest BCUT2D eigenvalue weighted by atomic mass is 79.9. The van der Waals surface area contributed by atoms with E-state index in [2.05, 4.69) is 21.1 Å². The molecule has 124 valence electrons. The van der Waals surface area contributed by atoms with Crippen molar-refractivity contribution in [1.82, 2.24) is 5.16 Å². The first-order chi connectivity index (χ1) is 11.2. The van der Waals surface area contributed by atoms with Crippen LogP contribution in [-0.4, -0.2) is 11.1 Å². The van der Waals surface area contributed by atoms with Crippen molar-refractivity contribution in [1.29, 1.82) is 0 Å². The first kappa shape index (κ1) is 16.4. The van der Waals surface area contributed by atoms with Crippen LogP contribution in [0.2, 0.25) is 0 Å². The number of aromatic nitrogens is 1. The van der Waals surface area contributed by atoms with E-state index in [1.807, 2.05) is 0 Å². The summed E-state index contributed by atoms with van der Waals surface area (Å²) in [5.41, 5.74) is 2.02. The molecule has 4 nitrogen and oxygen atoms in total. The van der Waals surface area contributed by atoms with Crippen molar-refractivity contribution >= 4 is 32.8 Å². The molecular weight excluding hydrogens is 396 g/mol. The van der Waals surface area contributed by atoms with Crippen LogP contribution in [0.4, 0.5) is 17.6 Å². The number of benzene rings is 2. The highest BCUT2D eigenvalue weighted by Gasteiger charge is 2.39. The van der Waals surface area contributed by atoms with Gasteiger partial charge in [0, 0.05) is 10.0 Å². The Bertz CT molecular complexity index is 966. The van der Waals surface area contributed by atoms with Crippen molar-refractivity contribution in [3.05, 3.63) is 51.7 Å². The minimum absolute atomic E-state index is 0.214. The zero-order valence-corrected chi connectivity index (χ0v) is 13.2. The van der Waals surface area contributed by atoms with E-state index < -0.39 is 34.6 Å². The van der Waals surface area contributed by atoms with Gasteiger partial charge in [-0.15, -0.1) is 0 Å². The SMILES string of the molecule is NC(=O)c1cc(F)cc(-c2noc3ccc(Br)cc23)c1C(F)(F)F. The van der Waals surface area contributed by atoms with Crippen LogP contribution in [0.3, 0.4) is 0 Å². The Balaban J connectivity index is 2.42. The van der Waals surface area contributed by atoms with E-state index in [1.165, 1.54) is 12.1 Å². The standard InChI is InChI=1S/C15H7BrF4N2O2/c16-6-1-2-11-8(3-6)13(22-24-11)9-4-7(17)5-10(14(21)23)12(9)15(18,19)20/h1-5H,(H2,21,23). The van der Waals surface area contributed by atoms with E-state index in [0.29, 0.717) is 16.6 Å². The highest BCUT2D eigenvalue weighted by Crippen LogP contribution is 2.42. The molecule has 0 unspecified atom stereocenters. The van der Waals surface area contributed by atoms with Gasteiger partial charge in [0.05, 0.1) is 16.5 Å². The topological polar surface area (TPSA) is 69.1 Å². The van der Waals surface area contributed by atoms with Crippen molar-refractivity contribution in [3.63, 3.8) is 0 Å². The second-order valence-electron chi connectivity index (χ2n) is 4.91.